The van der Waals surface area contributed by atoms with Crippen LogP contribution in [0.4, 0.5) is 0 Å². The predicted octanol–water partition coefficient (Wildman–Crippen LogP) is 3.01. The molecule has 0 spiro atoms. The monoisotopic (exact) mass is 263 g/mol. The van der Waals surface area contributed by atoms with E-state index in [-0.39, 0.29) is 5.92 Å². The highest BCUT2D eigenvalue weighted by atomic mass is 16.5. The molecule has 1 N–H and O–H groups in total. The molecule has 1 aromatic carbocycles. The van der Waals surface area contributed by atoms with Crippen LogP contribution in [0.3, 0.4) is 0 Å². The van der Waals surface area contributed by atoms with Crippen molar-refractivity contribution in [2.45, 2.75) is 26.2 Å². The van der Waals surface area contributed by atoms with E-state index in [2.05, 4.69) is 4.99 Å². The maximum atomic E-state index is 10.6. The van der Waals surface area contributed by atoms with Crippen LogP contribution in [-0.2, 0) is 4.79 Å². The minimum absolute atomic E-state index is 0.259. The van der Waals surface area contributed by atoms with E-state index in [1.807, 2.05) is 30.5 Å². The number of hydrogen-bond acceptors (Lipinski definition) is 3. The molecule has 0 bridgehead atoms. The van der Waals surface area contributed by atoms with E-state index in [1.54, 1.807) is 14.0 Å². The van der Waals surface area contributed by atoms with Crippen molar-refractivity contribution in [3.63, 3.8) is 0 Å². The van der Waals surface area contributed by atoms with Crippen LogP contribution in [0.2, 0.25) is 0 Å². The van der Waals surface area contributed by atoms with Crippen molar-refractivity contribution >= 4 is 12.2 Å². The molecule has 1 unspecified atom stereocenters. The van der Waals surface area contributed by atoms with Crippen LogP contribution in [0.15, 0.2) is 29.3 Å². The number of aliphatic imine (C=N–C) groups is 1. The Hall–Kier alpha value is -1.84. The van der Waals surface area contributed by atoms with Gasteiger partial charge in [-0.05, 0) is 42.7 Å². The van der Waals surface area contributed by atoms with Crippen molar-refractivity contribution in [1.82, 2.24) is 0 Å². The van der Waals surface area contributed by atoms with Crippen molar-refractivity contribution in [1.29, 1.82) is 0 Å². The van der Waals surface area contributed by atoms with Crippen molar-refractivity contribution in [3.05, 3.63) is 29.8 Å². The predicted molar refractivity (Wildman–Crippen MR) is 76.1 cm³/mol. The molecule has 0 aliphatic rings. The molecule has 0 radical (unpaired) electrons. The fraction of sp³-hybridized carbons (Fsp3) is 0.467. The highest BCUT2D eigenvalue weighted by molar-refractivity contribution is 5.79. The number of carboxylic acids is 1. The fourth-order valence-corrected chi connectivity index (χ4v) is 1.64. The Balaban J connectivity index is 2.21. The summed E-state index contributed by atoms with van der Waals surface area (Å²) in [4.78, 5) is 14.9. The molecular weight excluding hydrogens is 242 g/mol. The normalized spacial score (nSPS) is 12.5. The summed E-state index contributed by atoms with van der Waals surface area (Å²) in [6, 6.07) is 7.70. The SMILES string of the molecule is COc1ccc(C=NCCCCC(C)C(=O)O)cc1. The van der Waals surface area contributed by atoms with Crippen LogP contribution in [0.5, 0.6) is 5.75 Å². The second-order valence-electron chi connectivity index (χ2n) is 4.54. The van der Waals surface area contributed by atoms with Crippen LogP contribution in [-0.4, -0.2) is 30.9 Å². The molecule has 1 aromatic rings. The van der Waals surface area contributed by atoms with Gasteiger partial charge >= 0.3 is 5.97 Å². The second-order valence-corrected chi connectivity index (χ2v) is 4.54. The molecule has 0 fully saturated rings. The number of unbranched alkanes of at least 4 members (excludes halogenated alkanes) is 1. The van der Waals surface area contributed by atoms with Gasteiger partial charge < -0.3 is 9.84 Å². The average molecular weight is 263 g/mol. The first-order valence-corrected chi connectivity index (χ1v) is 6.50. The van der Waals surface area contributed by atoms with Crippen LogP contribution in [0, 0.1) is 5.92 Å². The van der Waals surface area contributed by atoms with E-state index < -0.39 is 5.97 Å². The van der Waals surface area contributed by atoms with Crippen LogP contribution >= 0.6 is 0 Å². The zero-order valence-electron chi connectivity index (χ0n) is 11.5. The van der Waals surface area contributed by atoms with E-state index in [4.69, 9.17) is 9.84 Å². The molecular formula is C15H21NO3. The van der Waals surface area contributed by atoms with Crippen LogP contribution < -0.4 is 4.74 Å². The Morgan fingerprint density at radius 3 is 2.63 bits per heavy atom. The van der Waals surface area contributed by atoms with Gasteiger partial charge in [0, 0.05) is 12.8 Å². The lowest BCUT2D eigenvalue weighted by Crippen LogP contribution is -2.08. The smallest absolute Gasteiger partial charge is 0.306 e. The summed E-state index contributed by atoms with van der Waals surface area (Å²) in [7, 11) is 1.64. The maximum Gasteiger partial charge on any atom is 0.306 e. The van der Waals surface area contributed by atoms with Gasteiger partial charge in [0.05, 0.1) is 13.0 Å². The molecule has 0 amide bonds. The summed E-state index contributed by atoms with van der Waals surface area (Å²) < 4.78 is 5.08. The first-order chi connectivity index (χ1) is 9.13. The highest BCUT2D eigenvalue weighted by Gasteiger charge is 2.08. The van der Waals surface area contributed by atoms with Gasteiger partial charge in [0.25, 0.3) is 0 Å². The van der Waals surface area contributed by atoms with Crippen molar-refractivity contribution < 1.29 is 14.6 Å². The molecule has 1 rings (SSSR count). The Morgan fingerprint density at radius 1 is 1.37 bits per heavy atom. The lowest BCUT2D eigenvalue weighted by atomic mass is 10.0. The summed E-state index contributed by atoms with van der Waals surface area (Å²) >= 11 is 0. The van der Waals surface area contributed by atoms with Crippen LogP contribution in [0.25, 0.3) is 0 Å². The minimum atomic E-state index is -0.721. The number of nitrogens with zero attached hydrogens (tertiary/aromatic N) is 1. The lowest BCUT2D eigenvalue weighted by Gasteiger charge is -2.03. The maximum absolute atomic E-state index is 10.6. The topological polar surface area (TPSA) is 58.9 Å². The number of hydrogen-bond donors (Lipinski definition) is 1. The van der Waals surface area contributed by atoms with Gasteiger partial charge in [-0.15, -0.1) is 0 Å². The molecule has 19 heavy (non-hydrogen) atoms. The molecule has 104 valence electrons. The second kappa shape index (κ2) is 8.29. The molecule has 0 saturated heterocycles. The summed E-state index contributed by atoms with van der Waals surface area (Å²) in [6.07, 6.45) is 4.37. The van der Waals surface area contributed by atoms with Crippen molar-refractivity contribution in [2.24, 2.45) is 10.9 Å². The van der Waals surface area contributed by atoms with Gasteiger partial charge in [0.2, 0.25) is 0 Å². The van der Waals surface area contributed by atoms with Crippen molar-refractivity contribution in [2.75, 3.05) is 13.7 Å². The molecule has 0 aromatic heterocycles. The number of rotatable bonds is 8. The van der Waals surface area contributed by atoms with Crippen molar-refractivity contribution in [3.8, 4) is 5.75 Å². The summed E-state index contributed by atoms with van der Waals surface area (Å²) in [6.45, 7) is 2.47. The zero-order valence-corrected chi connectivity index (χ0v) is 11.5. The van der Waals surface area contributed by atoms with E-state index in [1.165, 1.54) is 0 Å². The molecule has 0 saturated carbocycles. The summed E-state index contributed by atoms with van der Waals surface area (Å²) in [5, 5.41) is 8.74. The van der Waals surface area contributed by atoms with E-state index in [9.17, 15) is 4.79 Å². The highest BCUT2D eigenvalue weighted by Crippen LogP contribution is 2.10. The van der Waals surface area contributed by atoms with Gasteiger partial charge in [-0.1, -0.05) is 13.3 Å². The minimum Gasteiger partial charge on any atom is -0.497 e. The standard InChI is InChI=1S/C15H21NO3/c1-12(15(17)18)5-3-4-10-16-11-13-6-8-14(19-2)9-7-13/h6-9,11-12H,3-5,10H2,1-2H3,(H,17,18). The van der Waals surface area contributed by atoms with E-state index >= 15 is 0 Å². The number of ether oxygens (including phenoxy) is 1. The third-order valence-electron chi connectivity index (χ3n) is 2.95. The summed E-state index contributed by atoms with van der Waals surface area (Å²) in [5.41, 5.74) is 1.04. The lowest BCUT2D eigenvalue weighted by molar-refractivity contribution is -0.141. The van der Waals surface area contributed by atoms with Gasteiger partial charge in [0.1, 0.15) is 5.75 Å². The Morgan fingerprint density at radius 2 is 2.05 bits per heavy atom. The molecule has 0 aliphatic heterocycles. The fourth-order valence-electron chi connectivity index (χ4n) is 1.64. The van der Waals surface area contributed by atoms with Crippen LogP contribution in [0.1, 0.15) is 31.7 Å². The van der Waals surface area contributed by atoms with E-state index in [0.29, 0.717) is 6.42 Å². The Bertz CT molecular complexity index is 412. The number of carboxylic acid groups (broad SMARTS) is 1. The van der Waals surface area contributed by atoms with Gasteiger partial charge in [0.15, 0.2) is 0 Å². The summed E-state index contributed by atoms with van der Waals surface area (Å²) in [5.74, 6) is -0.146. The largest absolute Gasteiger partial charge is 0.497 e. The van der Waals surface area contributed by atoms with Gasteiger partial charge in [-0.3, -0.25) is 9.79 Å². The Labute approximate surface area is 114 Å². The first-order valence-electron chi connectivity index (χ1n) is 6.50. The number of carbonyl (C=O) groups is 1. The zero-order chi connectivity index (χ0) is 14.1. The number of aliphatic carboxylic acids is 1. The number of benzene rings is 1. The molecule has 0 heterocycles. The molecule has 4 nitrogen and oxygen atoms in total. The van der Waals surface area contributed by atoms with Gasteiger partial charge in [-0.25, -0.2) is 0 Å². The third-order valence-corrected chi connectivity index (χ3v) is 2.95. The third kappa shape index (κ3) is 6.04. The molecule has 1 atom stereocenters. The molecule has 0 aliphatic carbocycles. The first kappa shape index (κ1) is 15.2. The number of methoxy groups -OCH3 is 1. The Kier molecular flexibility index (Phi) is 6.64. The van der Waals surface area contributed by atoms with Gasteiger partial charge in [-0.2, -0.15) is 0 Å². The van der Waals surface area contributed by atoms with E-state index in [0.717, 1.165) is 30.7 Å². The quantitative estimate of drug-likeness (QED) is 0.579. The average Bonchev–Trinajstić information content (AvgIpc) is 2.42. The molecule has 4 heteroatoms.